The summed E-state index contributed by atoms with van der Waals surface area (Å²) in [6.45, 7) is 6.12. The average molecular weight is 498 g/mol. The van der Waals surface area contributed by atoms with Crippen molar-refractivity contribution in [1.29, 1.82) is 0 Å². The number of hydrogen-bond acceptors (Lipinski definition) is 6. The highest BCUT2D eigenvalue weighted by molar-refractivity contribution is 6.32. The largest absolute Gasteiger partial charge is 0.486 e. The summed E-state index contributed by atoms with van der Waals surface area (Å²) in [6, 6.07) is 6.59. The Hall–Kier alpha value is -3.13. The van der Waals surface area contributed by atoms with E-state index >= 15 is 0 Å². The molecule has 0 radical (unpaired) electrons. The van der Waals surface area contributed by atoms with Gasteiger partial charge < -0.3 is 14.5 Å². The molecule has 3 heterocycles. The number of aryl methyl sites for hydroxylation is 1. The Morgan fingerprint density at radius 2 is 1.80 bits per heavy atom. The maximum atomic E-state index is 13.2. The van der Waals surface area contributed by atoms with Crippen LogP contribution in [0.3, 0.4) is 0 Å². The number of ether oxygens (including phenoxy) is 1. The zero-order valence-electron chi connectivity index (χ0n) is 19.9. The molecule has 8 nitrogen and oxygen atoms in total. The number of halogens is 1. The quantitative estimate of drug-likeness (QED) is 0.432. The number of nitrogens with zero attached hydrogens (tertiary/aromatic N) is 3. The van der Waals surface area contributed by atoms with Crippen molar-refractivity contribution in [2.45, 2.75) is 51.6 Å². The summed E-state index contributed by atoms with van der Waals surface area (Å²) in [5.41, 5.74) is 2.35. The normalized spacial score (nSPS) is 19.0. The van der Waals surface area contributed by atoms with Crippen LogP contribution in [-0.4, -0.2) is 53.3 Å². The van der Waals surface area contributed by atoms with Gasteiger partial charge in [0.15, 0.2) is 5.78 Å². The number of anilines is 1. The van der Waals surface area contributed by atoms with Crippen molar-refractivity contribution in [3.63, 3.8) is 0 Å². The molecular formula is C26H28ClN3O5. The first-order valence-corrected chi connectivity index (χ1v) is 12.4. The maximum absolute atomic E-state index is 13.2. The molecule has 0 bridgehead atoms. The lowest BCUT2D eigenvalue weighted by molar-refractivity contribution is -0.384. The number of likely N-dealkylation sites (tertiary alicyclic amines) is 1. The molecule has 2 saturated heterocycles. The van der Waals surface area contributed by atoms with Crippen LogP contribution in [0.15, 0.2) is 24.3 Å². The van der Waals surface area contributed by atoms with Gasteiger partial charge in [-0.15, -0.1) is 0 Å². The van der Waals surface area contributed by atoms with E-state index in [1.165, 1.54) is 6.07 Å². The van der Waals surface area contributed by atoms with Gasteiger partial charge in [0.25, 0.3) is 11.6 Å². The fourth-order valence-corrected chi connectivity index (χ4v) is 5.76. The van der Waals surface area contributed by atoms with Gasteiger partial charge >= 0.3 is 0 Å². The molecule has 3 aliphatic heterocycles. The lowest BCUT2D eigenvalue weighted by Gasteiger charge is -2.44. The first-order chi connectivity index (χ1) is 16.7. The highest BCUT2D eigenvalue weighted by Crippen LogP contribution is 2.43. The van der Waals surface area contributed by atoms with Crippen LogP contribution in [0.4, 0.5) is 11.4 Å². The number of ketones is 1. The Labute approximate surface area is 208 Å². The summed E-state index contributed by atoms with van der Waals surface area (Å²) in [7, 11) is 0. The Balaban J connectivity index is 1.33. The van der Waals surface area contributed by atoms with E-state index in [1.54, 1.807) is 17.0 Å². The lowest BCUT2D eigenvalue weighted by Crippen LogP contribution is -2.52. The summed E-state index contributed by atoms with van der Waals surface area (Å²) in [5, 5.41) is 12.3. The Morgan fingerprint density at radius 1 is 1.11 bits per heavy atom. The molecule has 0 N–H and O–H groups in total. The molecule has 184 valence electrons. The first-order valence-electron chi connectivity index (χ1n) is 12.0. The second-order valence-electron chi connectivity index (χ2n) is 9.84. The second-order valence-corrected chi connectivity index (χ2v) is 10.2. The van der Waals surface area contributed by atoms with Crippen LogP contribution in [0.1, 0.15) is 63.9 Å². The van der Waals surface area contributed by atoms with E-state index in [0.29, 0.717) is 53.5 Å². The number of carbonyl (C=O) groups is 2. The van der Waals surface area contributed by atoms with Gasteiger partial charge in [-0.25, -0.2) is 0 Å². The van der Waals surface area contributed by atoms with E-state index < -0.39 is 10.5 Å². The van der Waals surface area contributed by atoms with Gasteiger partial charge in [0, 0.05) is 55.7 Å². The number of nitro groups is 1. The topological polar surface area (TPSA) is 93.0 Å². The minimum absolute atomic E-state index is 0.0125. The zero-order chi connectivity index (χ0) is 24.9. The van der Waals surface area contributed by atoms with Gasteiger partial charge in [-0.2, -0.15) is 0 Å². The molecule has 5 rings (SSSR count). The van der Waals surface area contributed by atoms with Crippen LogP contribution in [0.25, 0.3) is 0 Å². The minimum atomic E-state index is -0.654. The average Bonchev–Trinajstić information content (AvgIpc) is 3.37. The van der Waals surface area contributed by atoms with Crippen LogP contribution in [-0.2, 0) is 0 Å². The van der Waals surface area contributed by atoms with Crippen LogP contribution >= 0.6 is 11.6 Å². The fourth-order valence-electron chi connectivity index (χ4n) is 5.61. The molecule has 0 aliphatic carbocycles. The highest BCUT2D eigenvalue weighted by atomic mass is 35.5. The number of hydrogen-bond donors (Lipinski definition) is 0. The van der Waals surface area contributed by atoms with Crippen LogP contribution in [0.2, 0.25) is 5.02 Å². The molecular weight excluding hydrogens is 470 g/mol. The van der Waals surface area contributed by atoms with Crippen LogP contribution < -0.4 is 9.64 Å². The summed E-state index contributed by atoms with van der Waals surface area (Å²) < 4.78 is 6.39. The molecule has 1 amide bonds. The number of piperidine rings is 1. The third-order valence-electron chi connectivity index (χ3n) is 7.56. The summed E-state index contributed by atoms with van der Waals surface area (Å²) in [5.74, 6) is 0.337. The molecule has 0 unspecified atom stereocenters. The number of nitro benzene ring substituents is 1. The number of Topliss-reactive ketones (excluding diaryl/α,β-unsaturated/α-hetero) is 1. The molecule has 3 aliphatic rings. The van der Waals surface area contributed by atoms with Crippen molar-refractivity contribution < 1.29 is 19.2 Å². The molecule has 1 spiro atoms. The van der Waals surface area contributed by atoms with Crippen molar-refractivity contribution in [3.8, 4) is 5.75 Å². The van der Waals surface area contributed by atoms with E-state index in [4.69, 9.17) is 16.3 Å². The molecule has 2 fully saturated rings. The molecule has 9 heteroatoms. The molecule has 0 saturated carbocycles. The Morgan fingerprint density at radius 3 is 2.46 bits per heavy atom. The molecule has 2 aromatic carbocycles. The fraction of sp³-hybridized carbons (Fsp3) is 0.462. The second kappa shape index (κ2) is 8.82. The summed E-state index contributed by atoms with van der Waals surface area (Å²) in [4.78, 5) is 41.3. The molecule has 2 aromatic rings. The molecule has 0 aromatic heterocycles. The van der Waals surface area contributed by atoms with E-state index in [2.05, 4.69) is 0 Å². The van der Waals surface area contributed by atoms with Crippen molar-refractivity contribution in [1.82, 2.24) is 4.90 Å². The van der Waals surface area contributed by atoms with Crippen LogP contribution in [0, 0.1) is 24.0 Å². The van der Waals surface area contributed by atoms with Gasteiger partial charge in [0.2, 0.25) is 0 Å². The van der Waals surface area contributed by atoms with Gasteiger partial charge in [-0.3, -0.25) is 19.7 Å². The predicted octanol–water partition coefficient (Wildman–Crippen LogP) is 5.11. The third-order valence-corrected chi connectivity index (χ3v) is 8.14. The van der Waals surface area contributed by atoms with Gasteiger partial charge in [-0.05, 0) is 56.0 Å². The zero-order valence-corrected chi connectivity index (χ0v) is 20.7. The summed E-state index contributed by atoms with van der Waals surface area (Å²) >= 11 is 6.35. The molecule has 35 heavy (non-hydrogen) atoms. The summed E-state index contributed by atoms with van der Waals surface area (Å²) in [6.07, 6.45) is 3.29. The predicted molar refractivity (Wildman–Crippen MR) is 133 cm³/mol. The monoisotopic (exact) mass is 497 g/mol. The van der Waals surface area contributed by atoms with Gasteiger partial charge in [0.05, 0.1) is 16.9 Å². The van der Waals surface area contributed by atoms with E-state index in [0.717, 1.165) is 37.1 Å². The Kier molecular flexibility index (Phi) is 5.95. The van der Waals surface area contributed by atoms with Crippen molar-refractivity contribution in [2.75, 3.05) is 31.1 Å². The number of amides is 1. The van der Waals surface area contributed by atoms with Crippen molar-refractivity contribution >= 4 is 34.7 Å². The van der Waals surface area contributed by atoms with E-state index in [1.807, 2.05) is 24.8 Å². The maximum Gasteiger partial charge on any atom is 0.293 e. The lowest BCUT2D eigenvalue weighted by atomic mass is 9.81. The SMILES string of the molecule is Cc1cc2c(c(C)c1Cl)C(=O)CC1(CCN(C(=O)c3ccc(N4CCCC4)c([N+](=O)[O-])c3)CC1)O2. The third kappa shape index (κ3) is 4.14. The smallest absolute Gasteiger partial charge is 0.293 e. The van der Waals surface area contributed by atoms with Crippen LogP contribution in [0.5, 0.6) is 5.75 Å². The van der Waals surface area contributed by atoms with E-state index in [9.17, 15) is 19.7 Å². The number of rotatable bonds is 3. The number of carbonyl (C=O) groups excluding carboxylic acids is 2. The van der Waals surface area contributed by atoms with Gasteiger partial charge in [-0.1, -0.05) is 11.6 Å². The number of fused-ring (bicyclic) bond motifs is 1. The van der Waals surface area contributed by atoms with Gasteiger partial charge in [0.1, 0.15) is 17.0 Å². The number of benzene rings is 2. The van der Waals surface area contributed by atoms with E-state index in [-0.39, 0.29) is 23.8 Å². The standard InChI is InChI=1S/C26H28ClN3O5/c1-16-13-22-23(17(2)24(16)27)21(31)15-26(35-22)7-11-29(12-8-26)25(32)18-5-6-19(20(14-18)30(33)34)28-9-3-4-10-28/h5-6,13-14H,3-4,7-12,15H2,1-2H3. The Bertz CT molecular complexity index is 1230. The van der Waals surface area contributed by atoms with Crippen molar-refractivity contribution in [2.24, 2.45) is 0 Å². The first kappa shape index (κ1) is 23.6. The minimum Gasteiger partial charge on any atom is -0.486 e. The highest BCUT2D eigenvalue weighted by Gasteiger charge is 2.44. The van der Waals surface area contributed by atoms with Crippen molar-refractivity contribution in [3.05, 3.63) is 61.7 Å². The molecule has 0 atom stereocenters.